The molecule has 0 radical (unpaired) electrons. The molecule has 2 atom stereocenters. The summed E-state index contributed by atoms with van der Waals surface area (Å²) in [4.78, 5) is 19.4. The minimum absolute atomic E-state index is 0.935. The van der Waals surface area contributed by atoms with Gasteiger partial charge in [0.1, 0.15) is 6.10 Å². The molecule has 0 amide bonds. The fourth-order valence-corrected chi connectivity index (χ4v) is 3.23. The van der Waals surface area contributed by atoms with Gasteiger partial charge in [-0.1, -0.05) is 48.5 Å². The third-order valence-electron chi connectivity index (χ3n) is 4.77. The molecule has 0 saturated carbocycles. The smallest absolute Gasteiger partial charge is 0.335 e. The Morgan fingerprint density at radius 3 is 2.17 bits per heavy atom. The summed E-state index contributed by atoms with van der Waals surface area (Å²) in [5, 5.41) is 35.5. The molecule has 0 aliphatic carbocycles. The first kappa shape index (κ1) is 23.1. The molecule has 30 heavy (non-hydrogen) atoms. The Balaban J connectivity index is 0.000000274. The van der Waals surface area contributed by atoms with Crippen molar-refractivity contribution >= 4 is 22.8 Å². The van der Waals surface area contributed by atoms with Crippen molar-refractivity contribution in [2.45, 2.75) is 32.1 Å². The SMILES string of the molecule is Cc1c(CC[NH3+])c2ccccc2n1Cc1ccccc1.O=C([O-])C(O)C(O)C(=O)O. The lowest BCUT2D eigenvalue weighted by Gasteiger charge is -2.13. The standard InChI is InChI=1S/C18H20N2.C4H6O6/c1-14-16(11-12-19)17-9-5-6-10-18(17)20(14)13-15-7-3-2-4-8-15;5-1(3(7)8)2(6)4(9)10/h2-10H,11-13,19H2,1H3;1-2,5-6H,(H,7,8)(H,9,10). The zero-order chi connectivity index (χ0) is 22.3. The molecule has 8 heteroatoms. The van der Waals surface area contributed by atoms with Crippen LogP contribution in [0.2, 0.25) is 0 Å². The van der Waals surface area contributed by atoms with Crippen molar-refractivity contribution in [1.29, 1.82) is 0 Å². The number of aliphatic carboxylic acids is 2. The minimum atomic E-state index is -2.38. The summed E-state index contributed by atoms with van der Waals surface area (Å²) < 4.78 is 2.43. The fraction of sp³-hybridized carbons (Fsp3) is 0.273. The molecule has 3 aromatic rings. The van der Waals surface area contributed by atoms with E-state index in [4.69, 9.17) is 15.3 Å². The molecule has 0 bridgehead atoms. The van der Waals surface area contributed by atoms with Crippen LogP contribution in [0.25, 0.3) is 10.9 Å². The molecule has 0 aliphatic heterocycles. The van der Waals surface area contributed by atoms with Gasteiger partial charge in [0.05, 0.1) is 12.5 Å². The number of aliphatic hydroxyl groups is 2. The highest BCUT2D eigenvalue weighted by atomic mass is 16.4. The summed E-state index contributed by atoms with van der Waals surface area (Å²) in [5.41, 5.74) is 9.51. The topological polar surface area (TPSA) is 150 Å². The second kappa shape index (κ2) is 10.5. The predicted octanol–water partition coefficient (Wildman–Crippen LogP) is -0.675. The number of benzene rings is 2. The van der Waals surface area contributed by atoms with E-state index in [0.717, 1.165) is 19.5 Å². The van der Waals surface area contributed by atoms with Crippen LogP contribution in [0.5, 0.6) is 0 Å². The first-order chi connectivity index (χ1) is 14.3. The molecule has 0 saturated heterocycles. The number of nitrogens with zero attached hydrogens (tertiary/aromatic N) is 1. The van der Waals surface area contributed by atoms with E-state index >= 15 is 0 Å². The van der Waals surface area contributed by atoms with E-state index in [0.29, 0.717) is 0 Å². The van der Waals surface area contributed by atoms with Gasteiger partial charge in [-0.3, -0.25) is 0 Å². The van der Waals surface area contributed by atoms with E-state index in [1.165, 1.54) is 27.7 Å². The quantitative estimate of drug-likeness (QED) is 0.402. The third kappa shape index (κ3) is 5.44. The molecular weight excluding hydrogens is 388 g/mol. The van der Waals surface area contributed by atoms with Crippen molar-refractivity contribution in [3.8, 4) is 0 Å². The lowest BCUT2D eigenvalue weighted by Crippen LogP contribution is -2.51. The summed E-state index contributed by atoms with van der Waals surface area (Å²) in [7, 11) is 0. The molecule has 1 heterocycles. The summed E-state index contributed by atoms with van der Waals surface area (Å²) >= 11 is 0. The Kier molecular flexibility index (Phi) is 8.11. The molecule has 1 aromatic heterocycles. The lowest BCUT2D eigenvalue weighted by atomic mass is 10.1. The molecule has 6 N–H and O–H groups in total. The number of carboxylic acid groups (broad SMARTS) is 2. The van der Waals surface area contributed by atoms with E-state index in [2.05, 4.69) is 71.8 Å². The van der Waals surface area contributed by atoms with Crippen LogP contribution in [-0.2, 0) is 22.6 Å². The maximum atomic E-state index is 9.74. The molecule has 8 nitrogen and oxygen atoms in total. The van der Waals surface area contributed by atoms with Crippen molar-refractivity contribution in [3.63, 3.8) is 0 Å². The van der Waals surface area contributed by atoms with Gasteiger partial charge in [0, 0.05) is 29.6 Å². The summed E-state index contributed by atoms with van der Waals surface area (Å²) in [6, 6.07) is 19.4. The maximum absolute atomic E-state index is 9.74. The predicted molar refractivity (Wildman–Crippen MR) is 108 cm³/mol. The van der Waals surface area contributed by atoms with Crippen molar-refractivity contribution in [2.24, 2.45) is 0 Å². The second-order valence-electron chi connectivity index (χ2n) is 6.80. The normalized spacial score (nSPS) is 12.7. The van der Waals surface area contributed by atoms with Gasteiger partial charge >= 0.3 is 5.97 Å². The van der Waals surface area contributed by atoms with Gasteiger partial charge in [-0.2, -0.15) is 0 Å². The molecule has 0 spiro atoms. The third-order valence-corrected chi connectivity index (χ3v) is 4.77. The highest BCUT2D eigenvalue weighted by Crippen LogP contribution is 2.26. The summed E-state index contributed by atoms with van der Waals surface area (Å²) in [6.45, 7) is 4.11. The number of carboxylic acids is 2. The number of hydrogen-bond acceptors (Lipinski definition) is 5. The first-order valence-corrected chi connectivity index (χ1v) is 9.47. The Bertz CT molecular complexity index is 982. The second-order valence-corrected chi connectivity index (χ2v) is 6.80. The number of rotatable bonds is 7. The monoisotopic (exact) mass is 414 g/mol. The highest BCUT2D eigenvalue weighted by molar-refractivity contribution is 5.85. The van der Waals surface area contributed by atoms with E-state index in [1.807, 2.05) is 0 Å². The Hall–Kier alpha value is -3.20. The van der Waals surface area contributed by atoms with Gasteiger partial charge in [0.2, 0.25) is 0 Å². The van der Waals surface area contributed by atoms with Gasteiger partial charge in [0.15, 0.2) is 6.10 Å². The largest absolute Gasteiger partial charge is 0.547 e. The average Bonchev–Trinajstić information content (AvgIpc) is 3.00. The maximum Gasteiger partial charge on any atom is 0.335 e. The minimum Gasteiger partial charge on any atom is -0.547 e. The van der Waals surface area contributed by atoms with Gasteiger partial charge in [-0.25, -0.2) is 4.79 Å². The van der Waals surface area contributed by atoms with E-state index < -0.39 is 24.1 Å². The first-order valence-electron chi connectivity index (χ1n) is 9.47. The van der Waals surface area contributed by atoms with Crippen LogP contribution in [0.4, 0.5) is 0 Å². The van der Waals surface area contributed by atoms with Crippen molar-refractivity contribution in [2.75, 3.05) is 6.54 Å². The summed E-state index contributed by atoms with van der Waals surface area (Å²) in [5.74, 6) is -3.83. The number of aromatic nitrogens is 1. The van der Waals surface area contributed by atoms with E-state index in [-0.39, 0.29) is 0 Å². The molecule has 0 fully saturated rings. The molecule has 160 valence electrons. The van der Waals surface area contributed by atoms with Crippen molar-refractivity contribution < 1.29 is 35.7 Å². The van der Waals surface area contributed by atoms with Crippen LogP contribution in [0.15, 0.2) is 54.6 Å². The number of carbonyl (C=O) groups is 2. The zero-order valence-electron chi connectivity index (χ0n) is 16.7. The van der Waals surface area contributed by atoms with Crippen LogP contribution in [0, 0.1) is 6.92 Å². The van der Waals surface area contributed by atoms with Gasteiger partial charge in [-0.05, 0) is 24.1 Å². The Morgan fingerprint density at radius 1 is 1.03 bits per heavy atom. The number of para-hydroxylation sites is 1. The van der Waals surface area contributed by atoms with Gasteiger partial charge in [-0.15, -0.1) is 0 Å². The highest BCUT2D eigenvalue weighted by Gasteiger charge is 2.24. The lowest BCUT2D eigenvalue weighted by molar-refractivity contribution is -0.366. The Morgan fingerprint density at radius 2 is 1.63 bits per heavy atom. The molecule has 0 aliphatic rings. The molecular formula is C22H26N2O6. The average molecular weight is 414 g/mol. The van der Waals surface area contributed by atoms with Crippen LogP contribution < -0.4 is 10.8 Å². The van der Waals surface area contributed by atoms with Crippen LogP contribution >= 0.6 is 0 Å². The van der Waals surface area contributed by atoms with Gasteiger partial charge < -0.3 is 35.5 Å². The van der Waals surface area contributed by atoms with E-state index in [9.17, 15) is 14.7 Å². The van der Waals surface area contributed by atoms with Crippen LogP contribution in [-0.4, -0.2) is 50.6 Å². The molecule has 2 unspecified atom stereocenters. The number of hydrogen-bond donors (Lipinski definition) is 4. The van der Waals surface area contributed by atoms with Crippen molar-refractivity contribution in [1.82, 2.24) is 4.57 Å². The Labute approximate surface area is 173 Å². The van der Waals surface area contributed by atoms with Crippen molar-refractivity contribution in [3.05, 3.63) is 71.4 Å². The van der Waals surface area contributed by atoms with Gasteiger partial charge in [0.25, 0.3) is 0 Å². The zero-order valence-corrected chi connectivity index (χ0v) is 16.7. The molecule has 3 rings (SSSR count). The number of fused-ring (bicyclic) bond motifs is 1. The van der Waals surface area contributed by atoms with E-state index in [1.54, 1.807) is 0 Å². The number of carbonyl (C=O) groups excluding carboxylic acids is 1. The summed E-state index contributed by atoms with van der Waals surface area (Å²) in [6.07, 6.45) is -3.66. The number of aliphatic hydroxyl groups excluding tert-OH is 2. The van der Waals surface area contributed by atoms with Crippen LogP contribution in [0.1, 0.15) is 16.8 Å². The molecule has 2 aromatic carbocycles. The van der Waals surface area contributed by atoms with Crippen LogP contribution in [0.3, 0.4) is 0 Å². The fourth-order valence-electron chi connectivity index (χ4n) is 3.23. The number of quaternary nitrogens is 1.